The van der Waals surface area contributed by atoms with Crippen molar-refractivity contribution in [1.82, 2.24) is 35.2 Å². The van der Waals surface area contributed by atoms with Gasteiger partial charge < -0.3 is 33.9 Å². The average Bonchev–Trinajstić information content (AvgIpc) is 3.92. The molecule has 4 aromatic rings. The number of rotatable bonds is 18. The Morgan fingerprint density at radius 1 is 1.02 bits per heavy atom. The molecule has 13 nitrogen and oxygen atoms in total. The Morgan fingerprint density at radius 2 is 1.80 bits per heavy atom. The van der Waals surface area contributed by atoms with Crippen LogP contribution in [0, 0.1) is 11.8 Å². The summed E-state index contributed by atoms with van der Waals surface area (Å²) < 4.78 is 20.9. The molecule has 60 heavy (non-hydrogen) atoms. The number of hydrazine groups is 1. The predicted molar refractivity (Wildman–Crippen MR) is 239 cm³/mol. The number of nitrogens with one attached hydrogen (secondary N) is 2. The van der Waals surface area contributed by atoms with Crippen molar-refractivity contribution in [3.05, 3.63) is 52.1 Å². The number of methoxy groups -OCH3 is 1. The van der Waals surface area contributed by atoms with Gasteiger partial charge >= 0.3 is 0 Å². The smallest absolute Gasteiger partial charge is 0.262 e. The number of piperazine rings is 1. The maximum atomic E-state index is 14.1. The molecule has 2 amide bonds. The zero-order chi connectivity index (χ0) is 42.5. The van der Waals surface area contributed by atoms with Crippen LogP contribution in [0.2, 0.25) is 0 Å². The number of aromatic nitrogens is 3. The second kappa shape index (κ2) is 19.9. The standard InChI is InChI=1S/C46H66N8O5S/c1-9-58-43(41(50-44(55)32-12-13-32)46(56)54-17-11-10-16-48-54)45-49-38(28-60-45)33-14-15-39-35(25-33)36(24-29(2)3)42(53(39)22-23-59-30(4)5)37-26-34(27-47-40(37)31(6)57-8)52-20-18-51(7)19-21-52/h14-15,25-32,41,43,48H,9-13,16-24H2,1-8H3,(H,50,55). The van der Waals surface area contributed by atoms with Crippen molar-refractivity contribution in [2.24, 2.45) is 11.8 Å². The third-order valence-corrected chi connectivity index (χ3v) is 12.8. The lowest BCUT2D eigenvalue weighted by Gasteiger charge is -2.34. The predicted octanol–water partition coefficient (Wildman–Crippen LogP) is 7.01. The molecule has 0 bridgehead atoms. The maximum Gasteiger partial charge on any atom is 0.262 e. The fourth-order valence-corrected chi connectivity index (χ4v) is 9.32. The van der Waals surface area contributed by atoms with Crippen LogP contribution in [0.5, 0.6) is 0 Å². The lowest BCUT2D eigenvalue weighted by Crippen LogP contribution is -2.57. The fourth-order valence-electron chi connectivity index (χ4n) is 8.41. The van der Waals surface area contributed by atoms with Crippen molar-refractivity contribution in [3.63, 3.8) is 0 Å². The summed E-state index contributed by atoms with van der Waals surface area (Å²) in [6.45, 7) is 19.5. The minimum atomic E-state index is -0.897. The number of nitrogens with zero attached hydrogens (tertiary/aromatic N) is 6. The third-order valence-electron chi connectivity index (χ3n) is 11.9. The number of carbonyl (C=O) groups is 2. The first-order chi connectivity index (χ1) is 29.0. The van der Waals surface area contributed by atoms with Gasteiger partial charge in [0.15, 0.2) is 0 Å². The molecule has 14 heteroatoms. The van der Waals surface area contributed by atoms with Crippen molar-refractivity contribution in [2.45, 2.75) is 105 Å². The Morgan fingerprint density at radius 3 is 2.47 bits per heavy atom. The van der Waals surface area contributed by atoms with Gasteiger partial charge in [0.25, 0.3) is 5.91 Å². The molecule has 1 saturated carbocycles. The van der Waals surface area contributed by atoms with E-state index in [9.17, 15) is 9.59 Å². The first kappa shape index (κ1) is 44.1. The van der Waals surface area contributed by atoms with Gasteiger partial charge in [0.2, 0.25) is 5.91 Å². The van der Waals surface area contributed by atoms with Crippen molar-refractivity contribution in [3.8, 4) is 22.5 Å². The number of ether oxygens (including phenoxy) is 3. The van der Waals surface area contributed by atoms with E-state index in [1.807, 2.05) is 18.5 Å². The quantitative estimate of drug-likeness (QED) is 0.108. The minimum Gasteiger partial charge on any atom is -0.377 e. The zero-order valence-corrected chi connectivity index (χ0v) is 37.8. The summed E-state index contributed by atoms with van der Waals surface area (Å²) in [5, 5.41) is 8.61. The average molecular weight is 843 g/mol. The number of thiazole rings is 1. The van der Waals surface area contributed by atoms with Crippen molar-refractivity contribution in [2.75, 3.05) is 71.5 Å². The molecule has 1 aliphatic carbocycles. The van der Waals surface area contributed by atoms with Gasteiger partial charge in [0.05, 0.1) is 47.8 Å². The van der Waals surface area contributed by atoms with Crippen LogP contribution in [0.1, 0.15) is 95.7 Å². The topological polar surface area (TPSA) is 126 Å². The highest BCUT2D eigenvalue weighted by atomic mass is 32.1. The molecular weight excluding hydrogens is 777 g/mol. The van der Waals surface area contributed by atoms with Crippen molar-refractivity contribution in [1.29, 1.82) is 0 Å². The van der Waals surface area contributed by atoms with Crippen LogP contribution < -0.4 is 15.6 Å². The monoisotopic (exact) mass is 842 g/mol. The second-order valence-electron chi connectivity index (χ2n) is 17.3. The van der Waals surface area contributed by atoms with Crippen LogP contribution in [-0.4, -0.2) is 115 Å². The third kappa shape index (κ3) is 10.1. The van der Waals surface area contributed by atoms with Crippen LogP contribution in [0.4, 0.5) is 5.69 Å². The van der Waals surface area contributed by atoms with Crippen LogP contribution in [0.3, 0.4) is 0 Å². The van der Waals surface area contributed by atoms with Crippen LogP contribution in [0.15, 0.2) is 35.8 Å². The van der Waals surface area contributed by atoms with Crippen molar-refractivity contribution >= 4 is 39.7 Å². The zero-order valence-electron chi connectivity index (χ0n) is 37.0. The first-order valence-corrected chi connectivity index (χ1v) is 23.0. The molecule has 2 saturated heterocycles. The van der Waals surface area contributed by atoms with E-state index >= 15 is 0 Å². The minimum absolute atomic E-state index is 0.0523. The molecule has 3 fully saturated rings. The van der Waals surface area contributed by atoms with Gasteiger partial charge in [-0.05, 0) is 96.5 Å². The molecule has 5 heterocycles. The van der Waals surface area contributed by atoms with Crippen LogP contribution in [-0.2, 0) is 36.8 Å². The summed E-state index contributed by atoms with van der Waals surface area (Å²) in [4.78, 5) is 42.5. The van der Waals surface area contributed by atoms with Gasteiger partial charge in [0, 0.05) is 92.9 Å². The van der Waals surface area contributed by atoms with Gasteiger partial charge in [-0.15, -0.1) is 11.3 Å². The Balaban J connectivity index is 1.33. The van der Waals surface area contributed by atoms with E-state index in [-0.39, 0.29) is 29.9 Å². The number of fused-ring (bicyclic) bond motifs is 1. The van der Waals surface area contributed by atoms with E-state index in [0.29, 0.717) is 37.2 Å². The van der Waals surface area contributed by atoms with Gasteiger partial charge in [-0.3, -0.25) is 19.6 Å². The number of pyridine rings is 1. The largest absolute Gasteiger partial charge is 0.377 e. The molecule has 2 aliphatic heterocycles. The Labute approximate surface area is 360 Å². The molecule has 3 unspecified atom stereocenters. The summed E-state index contributed by atoms with van der Waals surface area (Å²) in [5.74, 6) is 0.0372. The number of hydrogen-bond acceptors (Lipinski definition) is 11. The number of likely N-dealkylation sites (N-methyl/N-ethyl adjacent to an activating group) is 1. The summed E-state index contributed by atoms with van der Waals surface area (Å²) in [7, 11) is 3.93. The van der Waals surface area contributed by atoms with E-state index in [1.54, 1.807) is 12.1 Å². The number of hydrogen-bond donors (Lipinski definition) is 2. The fraction of sp³-hybridized carbons (Fsp3) is 0.609. The normalized spacial score (nSPS) is 18.1. The number of benzene rings is 1. The molecule has 326 valence electrons. The van der Waals surface area contributed by atoms with E-state index in [2.05, 4.69) is 91.0 Å². The molecule has 7 rings (SSSR count). The highest BCUT2D eigenvalue weighted by Gasteiger charge is 2.40. The van der Waals surface area contributed by atoms with Crippen LogP contribution >= 0.6 is 11.3 Å². The molecule has 2 N–H and O–H groups in total. The van der Waals surface area contributed by atoms with Gasteiger partial charge in [-0.1, -0.05) is 19.9 Å². The Hall–Kier alpha value is -3.92. The molecule has 0 spiro atoms. The molecule has 3 aliphatic rings. The van der Waals surface area contributed by atoms with Gasteiger partial charge in [0.1, 0.15) is 17.2 Å². The summed E-state index contributed by atoms with van der Waals surface area (Å²) >= 11 is 1.47. The molecule has 3 aromatic heterocycles. The highest BCUT2D eigenvalue weighted by molar-refractivity contribution is 7.10. The van der Waals surface area contributed by atoms with E-state index in [4.69, 9.17) is 24.2 Å². The first-order valence-electron chi connectivity index (χ1n) is 22.1. The lowest BCUT2D eigenvalue weighted by atomic mass is 9.94. The Bertz CT molecular complexity index is 2080. The summed E-state index contributed by atoms with van der Waals surface area (Å²) in [6, 6.07) is 8.07. The molecule has 0 radical (unpaired) electrons. The Kier molecular flexibility index (Phi) is 14.6. The molecule has 3 atom stereocenters. The summed E-state index contributed by atoms with van der Waals surface area (Å²) in [6.07, 6.45) is 5.62. The molecule has 1 aromatic carbocycles. The molecular formula is C46H66N8O5S. The number of anilines is 1. The highest BCUT2D eigenvalue weighted by Crippen LogP contribution is 2.42. The van der Waals surface area contributed by atoms with Gasteiger partial charge in [-0.2, -0.15) is 0 Å². The van der Waals surface area contributed by atoms with E-state index in [1.165, 1.54) is 22.3 Å². The summed E-state index contributed by atoms with van der Waals surface area (Å²) in [5.41, 5.74) is 11.7. The number of carbonyl (C=O) groups excluding carboxylic acids is 2. The second-order valence-corrected chi connectivity index (χ2v) is 18.2. The van der Waals surface area contributed by atoms with E-state index in [0.717, 1.165) is 104 Å². The number of amides is 2. The lowest BCUT2D eigenvalue weighted by molar-refractivity contribution is -0.145. The maximum absolute atomic E-state index is 14.1. The SMILES string of the molecule is CCOC(c1nc(-c2ccc3c(c2)c(CC(C)C)c(-c2cc(N4CCN(C)CC4)cnc2C(C)OC)n3CCOC(C)C)cs1)C(NC(=O)C1CC1)C(=O)N1CCCCN1. The van der Waals surface area contributed by atoms with Gasteiger partial charge in [-0.25, -0.2) is 10.4 Å². The van der Waals surface area contributed by atoms with E-state index < -0.39 is 12.1 Å². The van der Waals surface area contributed by atoms with Crippen LogP contribution in [0.25, 0.3) is 33.4 Å². The van der Waals surface area contributed by atoms with Crippen molar-refractivity contribution < 1.29 is 23.8 Å².